The van der Waals surface area contributed by atoms with Gasteiger partial charge in [-0.15, -0.1) is 10.2 Å². The number of thioether (sulfide) groups is 1. The molecule has 3 aromatic carbocycles. The number of carbonyl (C=O) groups is 3. The average molecular weight is 602 g/mol. The van der Waals surface area contributed by atoms with Crippen LogP contribution in [-0.2, 0) is 22.3 Å². The number of nitrogens with zero attached hydrogens (tertiary/aromatic N) is 3. The average Bonchev–Trinajstić information content (AvgIpc) is 3.37. The zero-order valence-electron chi connectivity index (χ0n) is 21.9. The molecule has 42 heavy (non-hydrogen) atoms. The van der Waals surface area contributed by atoms with Gasteiger partial charge in [0.05, 0.1) is 35.7 Å². The van der Waals surface area contributed by atoms with Gasteiger partial charge in [-0.2, -0.15) is 13.2 Å². The Morgan fingerprint density at radius 2 is 1.69 bits per heavy atom. The van der Waals surface area contributed by atoms with Crippen LogP contribution < -0.4 is 10.6 Å². The van der Waals surface area contributed by atoms with E-state index in [0.29, 0.717) is 11.3 Å². The number of rotatable bonds is 10. The quantitative estimate of drug-likeness (QED) is 0.145. The van der Waals surface area contributed by atoms with Gasteiger partial charge in [0.2, 0.25) is 5.91 Å². The van der Waals surface area contributed by atoms with Gasteiger partial charge in [0, 0.05) is 11.3 Å². The van der Waals surface area contributed by atoms with Crippen LogP contribution in [0, 0.1) is 5.82 Å². The Kier molecular flexibility index (Phi) is 9.57. The molecule has 1 heterocycles. The Labute approximate surface area is 241 Å². The second-order valence-corrected chi connectivity index (χ2v) is 9.55. The smallest absolute Gasteiger partial charge is 0.416 e. The van der Waals surface area contributed by atoms with Crippen molar-refractivity contribution in [3.63, 3.8) is 0 Å². The summed E-state index contributed by atoms with van der Waals surface area (Å²) in [5, 5.41) is 13.4. The second-order valence-electron chi connectivity index (χ2n) is 8.61. The molecule has 0 fully saturated rings. The number of hydrogen-bond donors (Lipinski definition) is 2. The Bertz CT molecular complexity index is 1590. The predicted octanol–water partition coefficient (Wildman–Crippen LogP) is 5.26. The van der Waals surface area contributed by atoms with Crippen molar-refractivity contribution in [3.8, 4) is 5.69 Å². The maximum Gasteiger partial charge on any atom is 0.416 e. The number of esters is 1. The first-order valence-electron chi connectivity index (χ1n) is 12.4. The van der Waals surface area contributed by atoms with E-state index in [2.05, 4.69) is 20.8 Å². The molecule has 0 spiro atoms. The maximum atomic E-state index is 13.5. The Morgan fingerprint density at radius 3 is 2.38 bits per heavy atom. The van der Waals surface area contributed by atoms with Crippen molar-refractivity contribution in [1.82, 2.24) is 20.1 Å². The highest BCUT2D eigenvalue weighted by Gasteiger charge is 2.31. The summed E-state index contributed by atoms with van der Waals surface area (Å²) >= 11 is 0.910. The van der Waals surface area contributed by atoms with Gasteiger partial charge < -0.3 is 15.4 Å². The van der Waals surface area contributed by atoms with Crippen molar-refractivity contribution in [2.24, 2.45) is 0 Å². The minimum atomic E-state index is -4.62. The van der Waals surface area contributed by atoms with Crippen LogP contribution in [0.15, 0.2) is 78.0 Å². The Morgan fingerprint density at radius 1 is 0.952 bits per heavy atom. The van der Waals surface area contributed by atoms with Gasteiger partial charge in [-0.05, 0) is 67.6 Å². The molecular formula is C28H23F4N5O4S. The van der Waals surface area contributed by atoms with E-state index < -0.39 is 35.3 Å². The van der Waals surface area contributed by atoms with E-state index in [9.17, 15) is 31.9 Å². The van der Waals surface area contributed by atoms with Crippen LogP contribution in [0.5, 0.6) is 0 Å². The largest absolute Gasteiger partial charge is 0.462 e. The molecule has 0 saturated heterocycles. The minimum Gasteiger partial charge on any atom is -0.462 e. The van der Waals surface area contributed by atoms with Gasteiger partial charge in [0.15, 0.2) is 11.0 Å². The number of nitrogens with one attached hydrogen (secondary N) is 2. The predicted molar refractivity (Wildman–Crippen MR) is 146 cm³/mol. The number of ether oxygens (including phenoxy) is 1. The standard InChI is InChI=1S/C28H23F4N5O4S/c1-2-41-26(40)17-9-11-21(12-10-17)34-24(38)16-42-27-36-35-23(15-33-25(39)18-5-3-7-20(29)13-18)37(27)22-8-4-6-19(14-22)28(30,31)32/h3-14H,2,15-16H2,1H3,(H,33,39)(H,34,38). The SMILES string of the molecule is CCOC(=O)c1ccc(NC(=O)CSc2nnc(CNC(=O)c3cccc(F)c3)n2-c2cccc(C(F)(F)F)c2)cc1. The van der Waals surface area contributed by atoms with Crippen molar-refractivity contribution < 1.29 is 36.7 Å². The molecule has 0 aliphatic rings. The van der Waals surface area contributed by atoms with E-state index in [1.807, 2.05) is 0 Å². The van der Waals surface area contributed by atoms with Crippen molar-refractivity contribution in [3.05, 3.63) is 101 Å². The molecule has 0 saturated carbocycles. The normalized spacial score (nSPS) is 11.2. The molecule has 9 nitrogen and oxygen atoms in total. The van der Waals surface area contributed by atoms with E-state index in [1.165, 1.54) is 59.2 Å². The van der Waals surface area contributed by atoms with Crippen molar-refractivity contribution in [2.75, 3.05) is 17.7 Å². The molecule has 0 aliphatic heterocycles. The number of anilines is 1. The van der Waals surface area contributed by atoms with Crippen molar-refractivity contribution in [2.45, 2.75) is 24.8 Å². The molecule has 0 bridgehead atoms. The lowest BCUT2D eigenvalue weighted by Crippen LogP contribution is -2.25. The summed E-state index contributed by atoms with van der Waals surface area (Å²) in [6, 6.07) is 15.5. The highest BCUT2D eigenvalue weighted by Crippen LogP contribution is 2.31. The Hall–Kier alpha value is -4.72. The summed E-state index contributed by atoms with van der Waals surface area (Å²) in [5.41, 5.74) is -0.0865. The minimum absolute atomic E-state index is 0.0432. The van der Waals surface area contributed by atoms with E-state index in [-0.39, 0.29) is 41.1 Å². The monoisotopic (exact) mass is 601 g/mol. The summed E-state index contributed by atoms with van der Waals surface area (Å²) in [6.07, 6.45) is -4.62. The fraction of sp³-hybridized carbons (Fsp3) is 0.179. The third-order valence-corrected chi connectivity index (χ3v) is 6.57. The summed E-state index contributed by atoms with van der Waals surface area (Å²) in [4.78, 5) is 37.0. The summed E-state index contributed by atoms with van der Waals surface area (Å²) in [7, 11) is 0. The number of carbonyl (C=O) groups excluding carboxylic acids is 3. The fourth-order valence-electron chi connectivity index (χ4n) is 3.71. The van der Waals surface area contributed by atoms with Crippen molar-refractivity contribution in [1.29, 1.82) is 0 Å². The van der Waals surface area contributed by atoms with Crippen LogP contribution in [0.25, 0.3) is 5.69 Å². The Balaban J connectivity index is 1.52. The first-order chi connectivity index (χ1) is 20.0. The molecule has 0 unspecified atom stereocenters. The van der Waals surface area contributed by atoms with E-state index >= 15 is 0 Å². The highest BCUT2D eigenvalue weighted by molar-refractivity contribution is 7.99. The molecule has 4 rings (SSSR count). The number of aromatic nitrogens is 3. The third kappa shape index (κ3) is 7.72. The molecule has 0 aliphatic carbocycles. The lowest BCUT2D eigenvalue weighted by Gasteiger charge is -2.13. The van der Waals surface area contributed by atoms with Gasteiger partial charge in [-0.3, -0.25) is 14.2 Å². The summed E-state index contributed by atoms with van der Waals surface area (Å²) < 4.78 is 60.1. The highest BCUT2D eigenvalue weighted by atomic mass is 32.2. The molecule has 0 radical (unpaired) electrons. The van der Waals surface area contributed by atoms with Gasteiger partial charge in [-0.25, -0.2) is 9.18 Å². The number of amides is 2. The number of alkyl halides is 3. The van der Waals surface area contributed by atoms with Crippen LogP contribution in [-0.4, -0.2) is 44.9 Å². The second kappa shape index (κ2) is 13.3. The molecule has 2 amide bonds. The molecule has 1 aromatic heterocycles. The van der Waals surface area contributed by atoms with Crippen LogP contribution in [0.2, 0.25) is 0 Å². The first kappa shape index (κ1) is 30.2. The van der Waals surface area contributed by atoms with Crippen LogP contribution in [0.3, 0.4) is 0 Å². The van der Waals surface area contributed by atoms with Gasteiger partial charge in [0.25, 0.3) is 5.91 Å². The number of benzene rings is 3. The fourth-order valence-corrected chi connectivity index (χ4v) is 4.48. The molecular weight excluding hydrogens is 578 g/mol. The number of hydrogen-bond acceptors (Lipinski definition) is 7. The lowest BCUT2D eigenvalue weighted by molar-refractivity contribution is -0.137. The summed E-state index contributed by atoms with van der Waals surface area (Å²) in [5.74, 6) is -2.30. The van der Waals surface area contributed by atoms with Gasteiger partial charge in [-0.1, -0.05) is 23.9 Å². The topological polar surface area (TPSA) is 115 Å². The zero-order chi connectivity index (χ0) is 30.3. The van der Waals surface area contributed by atoms with Gasteiger partial charge >= 0.3 is 12.1 Å². The molecule has 0 atom stereocenters. The van der Waals surface area contributed by atoms with Crippen LogP contribution >= 0.6 is 11.8 Å². The van der Waals surface area contributed by atoms with Crippen LogP contribution in [0.1, 0.15) is 39.0 Å². The van der Waals surface area contributed by atoms with E-state index in [0.717, 1.165) is 30.0 Å². The molecule has 4 aromatic rings. The van der Waals surface area contributed by atoms with Gasteiger partial charge in [0.1, 0.15) is 5.82 Å². The van der Waals surface area contributed by atoms with Crippen LogP contribution in [0.4, 0.5) is 23.2 Å². The third-order valence-electron chi connectivity index (χ3n) is 5.64. The molecule has 218 valence electrons. The van der Waals surface area contributed by atoms with E-state index in [4.69, 9.17) is 4.74 Å². The zero-order valence-corrected chi connectivity index (χ0v) is 22.8. The molecule has 2 N–H and O–H groups in total. The molecule has 14 heteroatoms. The first-order valence-corrected chi connectivity index (χ1v) is 13.4. The van der Waals surface area contributed by atoms with Crippen molar-refractivity contribution >= 4 is 35.2 Å². The lowest BCUT2D eigenvalue weighted by atomic mass is 10.2. The van der Waals surface area contributed by atoms with E-state index in [1.54, 1.807) is 6.92 Å². The summed E-state index contributed by atoms with van der Waals surface area (Å²) in [6.45, 7) is 1.66. The maximum absolute atomic E-state index is 13.5. The number of halogens is 4.